The molecule has 1 fully saturated rings. The van der Waals surface area contributed by atoms with E-state index in [0.717, 1.165) is 38.4 Å². The molecule has 1 aromatic carbocycles. The molecule has 1 aliphatic heterocycles. The highest BCUT2D eigenvalue weighted by Gasteiger charge is 2.17. The van der Waals surface area contributed by atoms with Gasteiger partial charge in [-0.3, -0.25) is 4.90 Å². The number of benzene rings is 1. The van der Waals surface area contributed by atoms with Crippen LogP contribution in [0.5, 0.6) is 11.5 Å². The van der Waals surface area contributed by atoms with Gasteiger partial charge in [-0.15, -0.1) is 0 Å². The Balaban J connectivity index is 1.84. The molecule has 140 valence electrons. The molecule has 0 bridgehead atoms. The molecule has 0 radical (unpaired) electrons. The molecule has 0 spiro atoms. The molecule has 0 aromatic heterocycles. The SMILES string of the molecule is COc1ccc(C(C)NC(=O)NC(C)CN2CCOCC2)cc1OC. The van der Waals surface area contributed by atoms with Crippen LogP contribution in [0.4, 0.5) is 4.79 Å². The second kappa shape index (κ2) is 9.48. The lowest BCUT2D eigenvalue weighted by Crippen LogP contribution is -2.48. The van der Waals surface area contributed by atoms with Gasteiger partial charge in [0.15, 0.2) is 11.5 Å². The van der Waals surface area contributed by atoms with Gasteiger partial charge in [0, 0.05) is 25.7 Å². The van der Waals surface area contributed by atoms with Crippen LogP contribution in [0, 0.1) is 0 Å². The second-order valence-corrected chi connectivity index (χ2v) is 6.27. The molecule has 1 heterocycles. The third-order valence-corrected chi connectivity index (χ3v) is 4.27. The maximum Gasteiger partial charge on any atom is 0.315 e. The fourth-order valence-corrected chi connectivity index (χ4v) is 2.88. The van der Waals surface area contributed by atoms with Crippen LogP contribution in [0.1, 0.15) is 25.5 Å². The Labute approximate surface area is 149 Å². The summed E-state index contributed by atoms with van der Waals surface area (Å²) in [5.41, 5.74) is 0.952. The topological polar surface area (TPSA) is 72.1 Å². The van der Waals surface area contributed by atoms with Gasteiger partial charge in [-0.2, -0.15) is 0 Å². The second-order valence-electron chi connectivity index (χ2n) is 6.27. The van der Waals surface area contributed by atoms with E-state index in [4.69, 9.17) is 14.2 Å². The van der Waals surface area contributed by atoms with E-state index in [9.17, 15) is 4.79 Å². The van der Waals surface area contributed by atoms with E-state index >= 15 is 0 Å². The number of methoxy groups -OCH3 is 2. The highest BCUT2D eigenvalue weighted by Crippen LogP contribution is 2.29. The zero-order valence-corrected chi connectivity index (χ0v) is 15.5. The van der Waals surface area contributed by atoms with Gasteiger partial charge < -0.3 is 24.8 Å². The molecule has 7 nitrogen and oxygen atoms in total. The predicted molar refractivity (Wildman–Crippen MR) is 96.3 cm³/mol. The number of rotatable bonds is 7. The standard InChI is InChI=1S/C18H29N3O4/c1-13(12-21-7-9-25-10-8-21)19-18(22)20-14(2)15-5-6-16(23-3)17(11-15)24-4/h5-6,11,13-14H,7-10,12H2,1-4H3,(H2,19,20,22). The maximum absolute atomic E-state index is 12.2. The van der Waals surface area contributed by atoms with Crippen molar-refractivity contribution in [1.29, 1.82) is 0 Å². The molecule has 0 saturated carbocycles. The van der Waals surface area contributed by atoms with E-state index in [-0.39, 0.29) is 18.1 Å². The van der Waals surface area contributed by atoms with Gasteiger partial charge in [-0.1, -0.05) is 6.07 Å². The summed E-state index contributed by atoms with van der Waals surface area (Å²) >= 11 is 0. The molecule has 1 aliphatic rings. The van der Waals surface area contributed by atoms with Crippen LogP contribution in [-0.4, -0.2) is 64.0 Å². The van der Waals surface area contributed by atoms with Crippen molar-refractivity contribution in [3.8, 4) is 11.5 Å². The summed E-state index contributed by atoms with van der Waals surface area (Å²) in [6.45, 7) is 8.11. The van der Waals surface area contributed by atoms with Crippen molar-refractivity contribution in [1.82, 2.24) is 15.5 Å². The van der Waals surface area contributed by atoms with E-state index in [2.05, 4.69) is 15.5 Å². The van der Waals surface area contributed by atoms with Crippen molar-refractivity contribution in [2.75, 3.05) is 47.1 Å². The molecule has 2 rings (SSSR count). The number of amides is 2. The van der Waals surface area contributed by atoms with E-state index in [1.165, 1.54) is 0 Å². The third kappa shape index (κ3) is 5.79. The van der Waals surface area contributed by atoms with Crippen molar-refractivity contribution < 1.29 is 19.0 Å². The van der Waals surface area contributed by atoms with Crippen LogP contribution in [0.2, 0.25) is 0 Å². The number of hydrogen-bond donors (Lipinski definition) is 2. The number of nitrogens with one attached hydrogen (secondary N) is 2. The number of nitrogens with zero attached hydrogens (tertiary/aromatic N) is 1. The van der Waals surface area contributed by atoms with Crippen LogP contribution < -0.4 is 20.1 Å². The maximum atomic E-state index is 12.2. The Bertz CT molecular complexity index is 561. The summed E-state index contributed by atoms with van der Waals surface area (Å²) in [4.78, 5) is 14.5. The molecule has 2 N–H and O–H groups in total. The summed E-state index contributed by atoms with van der Waals surface area (Å²) in [5.74, 6) is 1.32. The normalized spacial score (nSPS) is 17.4. The fourth-order valence-electron chi connectivity index (χ4n) is 2.88. The molecule has 1 aromatic rings. The minimum absolute atomic E-state index is 0.0655. The summed E-state index contributed by atoms with van der Waals surface area (Å²) < 4.78 is 15.9. The average molecular weight is 351 g/mol. The lowest BCUT2D eigenvalue weighted by Gasteiger charge is -2.29. The summed E-state index contributed by atoms with van der Waals surface area (Å²) in [7, 11) is 3.20. The lowest BCUT2D eigenvalue weighted by atomic mass is 10.1. The third-order valence-electron chi connectivity index (χ3n) is 4.27. The minimum atomic E-state index is -0.178. The molecule has 1 saturated heterocycles. The van der Waals surface area contributed by atoms with E-state index in [1.54, 1.807) is 14.2 Å². The van der Waals surface area contributed by atoms with Crippen molar-refractivity contribution in [2.24, 2.45) is 0 Å². The van der Waals surface area contributed by atoms with Crippen LogP contribution in [0.25, 0.3) is 0 Å². The number of carbonyl (C=O) groups excluding carboxylic acids is 1. The molecular weight excluding hydrogens is 322 g/mol. The van der Waals surface area contributed by atoms with Crippen molar-refractivity contribution in [2.45, 2.75) is 25.9 Å². The molecule has 7 heteroatoms. The summed E-state index contributed by atoms with van der Waals surface area (Å²) in [6, 6.07) is 5.38. The van der Waals surface area contributed by atoms with Crippen LogP contribution in [0.3, 0.4) is 0 Å². The average Bonchev–Trinajstić information content (AvgIpc) is 2.61. The first kappa shape index (κ1) is 19.3. The number of hydrogen-bond acceptors (Lipinski definition) is 5. The van der Waals surface area contributed by atoms with Gasteiger partial charge >= 0.3 is 6.03 Å². The first-order valence-corrected chi connectivity index (χ1v) is 8.62. The number of ether oxygens (including phenoxy) is 3. The molecule has 0 aliphatic carbocycles. The first-order chi connectivity index (χ1) is 12.0. The van der Waals surface area contributed by atoms with Gasteiger partial charge in [0.25, 0.3) is 0 Å². The highest BCUT2D eigenvalue weighted by molar-refractivity contribution is 5.74. The Morgan fingerprint density at radius 1 is 1.16 bits per heavy atom. The number of morpholine rings is 1. The van der Waals surface area contributed by atoms with E-state index in [0.29, 0.717) is 11.5 Å². The molecular formula is C18H29N3O4. The van der Waals surface area contributed by atoms with Gasteiger partial charge in [-0.05, 0) is 31.5 Å². The zero-order valence-electron chi connectivity index (χ0n) is 15.5. The van der Waals surface area contributed by atoms with E-state index in [1.807, 2.05) is 32.0 Å². The first-order valence-electron chi connectivity index (χ1n) is 8.62. The number of carbonyl (C=O) groups is 1. The molecule has 2 atom stereocenters. The Kier molecular flexibility index (Phi) is 7.33. The van der Waals surface area contributed by atoms with E-state index < -0.39 is 0 Å². The van der Waals surface area contributed by atoms with Crippen LogP contribution in [0.15, 0.2) is 18.2 Å². The van der Waals surface area contributed by atoms with Crippen LogP contribution in [-0.2, 0) is 4.74 Å². The highest BCUT2D eigenvalue weighted by atomic mass is 16.5. The fraction of sp³-hybridized carbons (Fsp3) is 0.611. The van der Waals surface area contributed by atoms with Gasteiger partial charge in [0.2, 0.25) is 0 Å². The van der Waals surface area contributed by atoms with Gasteiger partial charge in [0.1, 0.15) is 0 Å². The summed E-state index contributed by atoms with van der Waals surface area (Å²) in [6.07, 6.45) is 0. The van der Waals surface area contributed by atoms with Crippen molar-refractivity contribution in [3.63, 3.8) is 0 Å². The predicted octanol–water partition coefficient (Wildman–Crippen LogP) is 1.78. The molecule has 2 amide bonds. The van der Waals surface area contributed by atoms with Crippen molar-refractivity contribution in [3.05, 3.63) is 23.8 Å². The lowest BCUT2D eigenvalue weighted by molar-refractivity contribution is 0.0349. The van der Waals surface area contributed by atoms with Gasteiger partial charge in [-0.25, -0.2) is 4.79 Å². The number of urea groups is 1. The Morgan fingerprint density at radius 2 is 1.84 bits per heavy atom. The monoisotopic (exact) mass is 351 g/mol. The quantitative estimate of drug-likeness (QED) is 0.784. The van der Waals surface area contributed by atoms with Crippen molar-refractivity contribution >= 4 is 6.03 Å². The van der Waals surface area contributed by atoms with Gasteiger partial charge in [0.05, 0.1) is 33.5 Å². The molecule has 2 unspecified atom stereocenters. The molecule has 25 heavy (non-hydrogen) atoms. The largest absolute Gasteiger partial charge is 0.493 e. The zero-order chi connectivity index (χ0) is 18.2. The summed E-state index contributed by atoms with van der Waals surface area (Å²) in [5, 5.41) is 5.95. The minimum Gasteiger partial charge on any atom is -0.493 e. The van der Waals surface area contributed by atoms with Crippen LogP contribution >= 0.6 is 0 Å². The smallest absolute Gasteiger partial charge is 0.315 e. The Morgan fingerprint density at radius 3 is 2.48 bits per heavy atom. The Hall–Kier alpha value is -1.99.